The Morgan fingerprint density at radius 1 is 1.14 bits per heavy atom. The molecule has 1 aromatic carbocycles. The lowest BCUT2D eigenvalue weighted by Crippen LogP contribution is -2.52. The van der Waals surface area contributed by atoms with Gasteiger partial charge in [-0.3, -0.25) is 9.58 Å². The Labute approximate surface area is 163 Å². The van der Waals surface area contributed by atoms with Crippen LogP contribution in [0.2, 0.25) is 0 Å². The van der Waals surface area contributed by atoms with Crippen LogP contribution >= 0.6 is 0 Å². The molecule has 28 heavy (non-hydrogen) atoms. The van der Waals surface area contributed by atoms with E-state index in [1.54, 1.807) is 12.7 Å². The molecule has 9 nitrogen and oxygen atoms in total. The van der Waals surface area contributed by atoms with E-state index in [0.29, 0.717) is 13.0 Å². The minimum atomic E-state index is 0.00786. The Kier molecular flexibility index (Phi) is 5.81. The number of aryl methyl sites for hydroxylation is 1. The van der Waals surface area contributed by atoms with E-state index in [1.807, 2.05) is 33.8 Å². The maximum absolute atomic E-state index is 12.3. The zero-order chi connectivity index (χ0) is 19.2. The number of carbonyl (C=O) groups is 1. The van der Waals surface area contributed by atoms with Gasteiger partial charge in [0.25, 0.3) is 0 Å². The third kappa shape index (κ3) is 4.66. The molecule has 0 radical (unpaired) electrons. The molecule has 1 saturated heterocycles. The molecular weight excluding hydrogens is 358 g/mol. The van der Waals surface area contributed by atoms with Gasteiger partial charge < -0.3 is 14.6 Å². The summed E-state index contributed by atoms with van der Waals surface area (Å²) >= 11 is 0. The van der Waals surface area contributed by atoms with Crippen LogP contribution in [0, 0.1) is 0 Å². The lowest BCUT2D eigenvalue weighted by Gasteiger charge is -2.34. The van der Waals surface area contributed by atoms with Crippen molar-refractivity contribution >= 4 is 17.1 Å². The van der Waals surface area contributed by atoms with Gasteiger partial charge in [0.2, 0.25) is 0 Å². The van der Waals surface area contributed by atoms with Crippen molar-refractivity contribution in [3.8, 4) is 0 Å². The molecule has 0 unspecified atom stereocenters. The molecule has 0 bridgehead atoms. The van der Waals surface area contributed by atoms with E-state index in [0.717, 1.165) is 62.7 Å². The molecule has 0 atom stereocenters. The molecule has 0 aliphatic carbocycles. The fourth-order valence-corrected chi connectivity index (χ4v) is 3.34. The summed E-state index contributed by atoms with van der Waals surface area (Å²) in [5.41, 5.74) is 1.69. The van der Waals surface area contributed by atoms with Crippen LogP contribution in [0.3, 0.4) is 0 Å². The SMILES string of the molecule is O=C(NCCCc1nc2ccccc2o1)N1CCN(CCn2cncn2)CC1. The highest BCUT2D eigenvalue weighted by molar-refractivity contribution is 5.74. The quantitative estimate of drug-likeness (QED) is 0.620. The van der Waals surface area contributed by atoms with Gasteiger partial charge in [-0.2, -0.15) is 5.10 Å². The number of hydrogen-bond acceptors (Lipinski definition) is 6. The van der Waals surface area contributed by atoms with Crippen LogP contribution < -0.4 is 5.32 Å². The van der Waals surface area contributed by atoms with Crippen LogP contribution in [-0.2, 0) is 13.0 Å². The third-order valence-corrected chi connectivity index (χ3v) is 4.95. The largest absolute Gasteiger partial charge is 0.441 e. The Hall–Kier alpha value is -2.94. The number of para-hydroxylation sites is 2. The Morgan fingerprint density at radius 2 is 2.00 bits per heavy atom. The fraction of sp³-hybridized carbons (Fsp3) is 0.474. The number of hydrogen-bond donors (Lipinski definition) is 1. The maximum Gasteiger partial charge on any atom is 0.317 e. The number of benzene rings is 1. The lowest BCUT2D eigenvalue weighted by molar-refractivity contribution is 0.136. The predicted molar refractivity (Wildman–Crippen MR) is 104 cm³/mol. The van der Waals surface area contributed by atoms with Gasteiger partial charge in [0.1, 0.15) is 18.2 Å². The first kappa shape index (κ1) is 18.4. The standard InChI is InChI=1S/C19H25N7O2/c27-19(21-7-3-6-18-23-16-4-1-2-5-17(16)28-18)25-11-8-24(9-12-25)10-13-26-15-20-14-22-26/h1-2,4-5,14-15H,3,6-13H2,(H,21,27). The summed E-state index contributed by atoms with van der Waals surface area (Å²) in [6, 6.07) is 7.75. The number of amides is 2. The summed E-state index contributed by atoms with van der Waals surface area (Å²) in [6.07, 6.45) is 4.79. The van der Waals surface area contributed by atoms with Crippen molar-refractivity contribution in [2.45, 2.75) is 19.4 Å². The first-order valence-corrected chi connectivity index (χ1v) is 9.70. The molecule has 2 aromatic heterocycles. The van der Waals surface area contributed by atoms with E-state index < -0.39 is 0 Å². The summed E-state index contributed by atoms with van der Waals surface area (Å²) < 4.78 is 7.53. The van der Waals surface area contributed by atoms with Gasteiger partial charge in [-0.15, -0.1) is 0 Å². The van der Waals surface area contributed by atoms with E-state index in [9.17, 15) is 4.79 Å². The van der Waals surface area contributed by atoms with E-state index in [-0.39, 0.29) is 6.03 Å². The Bertz CT molecular complexity index is 852. The number of urea groups is 1. The van der Waals surface area contributed by atoms with Crippen LogP contribution in [-0.4, -0.2) is 74.8 Å². The van der Waals surface area contributed by atoms with Crippen molar-refractivity contribution in [2.75, 3.05) is 39.3 Å². The number of rotatable bonds is 7. The molecule has 1 aliphatic rings. The van der Waals surface area contributed by atoms with Crippen molar-refractivity contribution in [3.05, 3.63) is 42.8 Å². The molecule has 0 saturated carbocycles. The fourth-order valence-electron chi connectivity index (χ4n) is 3.34. The molecule has 1 N–H and O–H groups in total. The second-order valence-electron chi connectivity index (χ2n) is 6.90. The van der Waals surface area contributed by atoms with Crippen LogP contribution in [0.1, 0.15) is 12.3 Å². The van der Waals surface area contributed by atoms with Crippen molar-refractivity contribution in [1.82, 2.24) is 34.9 Å². The van der Waals surface area contributed by atoms with E-state index in [1.165, 1.54) is 0 Å². The van der Waals surface area contributed by atoms with Crippen molar-refractivity contribution in [2.24, 2.45) is 0 Å². The molecule has 148 valence electrons. The number of oxazole rings is 1. The van der Waals surface area contributed by atoms with Gasteiger partial charge in [0.15, 0.2) is 11.5 Å². The minimum absolute atomic E-state index is 0.00786. The number of piperazine rings is 1. The molecule has 3 heterocycles. The maximum atomic E-state index is 12.3. The van der Waals surface area contributed by atoms with Crippen LogP contribution in [0.25, 0.3) is 11.1 Å². The van der Waals surface area contributed by atoms with Crippen LogP contribution in [0.15, 0.2) is 41.3 Å². The van der Waals surface area contributed by atoms with Gasteiger partial charge >= 0.3 is 6.03 Å². The second kappa shape index (κ2) is 8.83. The molecule has 0 spiro atoms. The monoisotopic (exact) mass is 383 g/mol. The Balaban J connectivity index is 1.13. The van der Waals surface area contributed by atoms with Gasteiger partial charge in [-0.25, -0.2) is 14.8 Å². The topological polar surface area (TPSA) is 92.3 Å². The molecule has 1 fully saturated rings. The smallest absolute Gasteiger partial charge is 0.317 e. The average molecular weight is 383 g/mol. The summed E-state index contributed by atoms with van der Waals surface area (Å²) in [5.74, 6) is 0.719. The summed E-state index contributed by atoms with van der Waals surface area (Å²) in [5, 5.41) is 7.12. The highest BCUT2D eigenvalue weighted by atomic mass is 16.3. The molecule has 3 aromatic rings. The van der Waals surface area contributed by atoms with Gasteiger partial charge in [-0.05, 0) is 18.6 Å². The number of nitrogens with one attached hydrogen (secondary N) is 1. The van der Waals surface area contributed by atoms with E-state index in [4.69, 9.17) is 4.42 Å². The minimum Gasteiger partial charge on any atom is -0.441 e. The van der Waals surface area contributed by atoms with Crippen molar-refractivity contribution < 1.29 is 9.21 Å². The zero-order valence-corrected chi connectivity index (χ0v) is 15.8. The van der Waals surface area contributed by atoms with Crippen molar-refractivity contribution in [3.63, 3.8) is 0 Å². The normalized spacial score (nSPS) is 15.2. The lowest BCUT2D eigenvalue weighted by atomic mass is 10.3. The molecule has 2 amide bonds. The van der Waals surface area contributed by atoms with Crippen LogP contribution in [0.4, 0.5) is 4.79 Å². The van der Waals surface area contributed by atoms with Crippen LogP contribution in [0.5, 0.6) is 0 Å². The highest BCUT2D eigenvalue weighted by Gasteiger charge is 2.20. The first-order chi connectivity index (χ1) is 13.8. The first-order valence-electron chi connectivity index (χ1n) is 9.70. The van der Waals surface area contributed by atoms with Gasteiger partial charge in [0, 0.05) is 45.7 Å². The average Bonchev–Trinajstić information content (AvgIpc) is 3.39. The third-order valence-electron chi connectivity index (χ3n) is 4.95. The van der Waals surface area contributed by atoms with Crippen molar-refractivity contribution in [1.29, 1.82) is 0 Å². The second-order valence-corrected chi connectivity index (χ2v) is 6.90. The number of aromatic nitrogens is 4. The molecule has 9 heteroatoms. The predicted octanol–water partition coefficient (Wildman–Crippen LogP) is 1.38. The molecular formula is C19H25N7O2. The summed E-state index contributed by atoms with van der Waals surface area (Å²) in [4.78, 5) is 25.0. The van der Waals surface area contributed by atoms with Gasteiger partial charge in [-0.1, -0.05) is 12.1 Å². The zero-order valence-electron chi connectivity index (χ0n) is 15.8. The van der Waals surface area contributed by atoms with Gasteiger partial charge in [0.05, 0.1) is 6.54 Å². The highest BCUT2D eigenvalue weighted by Crippen LogP contribution is 2.15. The molecule has 4 rings (SSSR count). The number of nitrogens with zero attached hydrogens (tertiary/aromatic N) is 6. The summed E-state index contributed by atoms with van der Waals surface area (Å²) in [7, 11) is 0. The summed E-state index contributed by atoms with van der Waals surface area (Å²) in [6.45, 7) is 5.61. The van der Waals surface area contributed by atoms with E-state index in [2.05, 4.69) is 25.3 Å². The van der Waals surface area contributed by atoms with E-state index >= 15 is 0 Å². The number of carbonyl (C=O) groups excluding carboxylic acids is 1. The molecule has 1 aliphatic heterocycles. The number of fused-ring (bicyclic) bond motifs is 1. The Morgan fingerprint density at radius 3 is 2.79 bits per heavy atom.